The van der Waals surface area contributed by atoms with E-state index in [2.05, 4.69) is 10.3 Å². The topological polar surface area (TPSA) is 41.5 Å². The molecule has 0 aliphatic carbocycles. The number of carbonyl (C=O) groups is 1. The Kier molecular flexibility index (Phi) is 1.78. The molecule has 0 spiro atoms. The Morgan fingerprint density at radius 2 is 2.42 bits per heavy atom. The van der Waals surface area contributed by atoms with Crippen molar-refractivity contribution < 1.29 is 4.79 Å². The molecule has 2 heterocycles. The van der Waals surface area contributed by atoms with E-state index >= 15 is 0 Å². The third-order valence-electron chi connectivity index (χ3n) is 2.03. The van der Waals surface area contributed by atoms with Gasteiger partial charge in [0, 0.05) is 6.54 Å². The van der Waals surface area contributed by atoms with E-state index in [0.29, 0.717) is 5.70 Å². The average molecular weight is 162 g/mol. The van der Waals surface area contributed by atoms with Crippen LogP contribution in [0.1, 0.15) is 12.8 Å². The summed E-state index contributed by atoms with van der Waals surface area (Å²) in [4.78, 5) is 14.7. The molecule has 0 saturated carbocycles. The molecule has 0 fully saturated rings. The maximum atomic E-state index is 10.4. The number of rotatable bonds is 1. The number of hydrogen-bond donors (Lipinski definition) is 1. The Hall–Kier alpha value is -1.38. The third kappa shape index (κ3) is 1.18. The molecular weight excluding hydrogens is 152 g/mol. The van der Waals surface area contributed by atoms with Crippen molar-refractivity contribution in [1.29, 1.82) is 0 Å². The smallest absolute Gasteiger partial charge is 0.166 e. The summed E-state index contributed by atoms with van der Waals surface area (Å²) in [6.45, 7) is 0.867. The van der Waals surface area contributed by atoms with Crippen molar-refractivity contribution in [2.24, 2.45) is 4.99 Å². The SMILES string of the molecule is O=CC1=CC=C2CCCN=C2N1. The molecule has 1 N–H and O–H groups in total. The van der Waals surface area contributed by atoms with Gasteiger partial charge in [0.1, 0.15) is 5.84 Å². The number of aldehydes is 1. The van der Waals surface area contributed by atoms with Crippen LogP contribution in [0.2, 0.25) is 0 Å². The third-order valence-corrected chi connectivity index (χ3v) is 2.03. The van der Waals surface area contributed by atoms with Gasteiger partial charge in [-0.15, -0.1) is 0 Å². The normalized spacial score (nSPS) is 21.2. The molecule has 12 heavy (non-hydrogen) atoms. The van der Waals surface area contributed by atoms with Crippen LogP contribution >= 0.6 is 0 Å². The summed E-state index contributed by atoms with van der Waals surface area (Å²) >= 11 is 0. The van der Waals surface area contributed by atoms with Gasteiger partial charge in [0.05, 0.1) is 5.70 Å². The first-order valence-electron chi connectivity index (χ1n) is 4.08. The number of carbonyl (C=O) groups excluding carboxylic acids is 1. The minimum Gasteiger partial charge on any atom is -0.338 e. The van der Waals surface area contributed by atoms with Crippen LogP contribution in [0.15, 0.2) is 28.4 Å². The van der Waals surface area contributed by atoms with Crippen LogP contribution in [0, 0.1) is 0 Å². The van der Waals surface area contributed by atoms with Gasteiger partial charge in [-0.1, -0.05) is 6.08 Å². The molecule has 3 heteroatoms. The molecule has 0 amide bonds. The highest BCUT2D eigenvalue weighted by molar-refractivity contribution is 6.04. The Labute approximate surface area is 70.9 Å². The van der Waals surface area contributed by atoms with Crippen molar-refractivity contribution in [1.82, 2.24) is 5.32 Å². The molecule has 3 nitrogen and oxygen atoms in total. The molecule has 0 radical (unpaired) electrons. The number of dihydropyridines is 1. The fraction of sp³-hybridized carbons (Fsp3) is 0.333. The van der Waals surface area contributed by atoms with Crippen LogP contribution in [0.3, 0.4) is 0 Å². The van der Waals surface area contributed by atoms with Gasteiger partial charge in [0.2, 0.25) is 0 Å². The maximum absolute atomic E-state index is 10.4. The van der Waals surface area contributed by atoms with E-state index in [1.165, 1.54) is 5.57 Å². The second-order valence-corrected chi connectivity index (χ2v) is 2.89. The monoisotopic (exact) mass is 162 g/mol. The van der Waals surface area contributed by atoms with Crippen LogP contribution < -0.4 is 5.32 Å². The largest absolute Gasteiger partial charge is 0.338 e. The summed E-state index contributed by atoms with van der Waals surface area (Å²) in [6.07, 6.45) is 6.76. The molecule has 62 valence electrons. The van der Waals surface area contributed by atoms with Crippen molar-refractivity contribution in [3.8, 4) is 0 Å². The second kappa shape index (κ2) is 2.93. The fourth-order valence-electron chi connectivity index (χ4n) is 1.40. The molecule has 0 atom stereocenters. The first-order valence-corrected chi connectivity index (χ1v) is 4.08. The molecular formula is C9H10N2O. The van der Waals surface area contributed by atoms with Gasteiger partial charge in [-0.05, 0) is 24.5 Å². The van der Waals surface area contributed by atoms with Crippen LogP contribution in [0.5, 0.6) is 0 Å². The Morgan fingerprint density at radius 3 is 3.25 bits per heavy atom. The van der Waals surface area contributed by atoms with Crippen molar-refractivity contribution >= 4 is 12.1 Å². The first-order chi connectivity index (χ1) is 5.90. The number of hydrogen-bond acceptors (Lipinski definition) is 3. The molecule has 0 bridgehead atoms. The predicted molar refractivity (Wildman–Crippen MR) is 46.9 cm³/mol. The first kappa shape index (κ1) is 7.28. The lowest BCUT2D eigenvalue weighted by Gasteiger charge is -2.19. The standard InChI is InChI=1S/C9H10N2O/c12-6-8-4-3-7-2-1-5-10-9(7)11-8/h3-4,6H,1-2,5H2,(H,10,11). The summed E-state index contributed by atoms with van der Waals surface area (Å²) in [7, 11) is 0. The van der Waals surface area contributed by atoms with E-state index in [0.717, 1.165) is 31.5 Å². The summed E-state index contributed by atoms with van der Waals surface area (Å²) < 4.78 is 0. The van der Waals surface area contributed by atoms with Gasteiger partial charge in [-0.25, -0.2) is 0 Å². The molecule has 2 aliphatic rings. The van der Waals surface area contributed by atoms with E-state index in [4.69, 9.17) is 0 Å². The van der Waals surface area contributed by atoms with Gasteiger partial charge in [-0.2, -0.15) is 0 Å². The molecule has 0 aromatic carbocycles. The number of aliphatic imine (C=N–C) groups is 1. The van der Waals surface area contributed by atoms with Gasteiger partial charge in [0.25, 0.3) is 0 Å². The maximum Gasteiger partial charge on any atom is 0.166 e. The number of fused-ring (bicyclic) bond motifs is 1. The van der Waals surface area contributed by atoms with E-state index in [1.54, 1.807) is 6.08 Å². The molecule has 0 aromatic heterocycles. The fourth-order valence-corrected chi connectivity index (χ4v) is 1.40. The quantitative estimate of drug-likeness (QED) is 0.579. The number of nitrogens with one attached hydrogen (secondary N) is 1. The van der Waals surface area contributed by atoms with Crippen molar-refractivity contribution in [3.63, 3.8) is 0 Å². The lowest BCUT2D eigenvalue weighted by atomic mass is 10.0. The zero-order valence-corrected chi connectivity index (χ0v) is 6.71. The number of amidine groups is 1. The minimum atomic E-state index is 0.597. The highest BCUT2D eigenvalue weighted by Crippen LogP contribution is 2.16. The highest BCUT2D eigenvalue weighted by atomic mass is 16.1. The number of allylic oxidation sites excluding steroid dienone is 3. The Morgan fingerprint density at radius 1 is 1.50 bits per heavy atom. The molecule has 0 saturated heterocycles. The Bertz CT molecular complexity index is 300. The van der Waals surface area contributed by atoms with E-state index in [9.17, 15) is 4.79 Å². The highest BCUT2D eigenvalue weighted by Gasteiger charge is 2.14. The van der Waals surface area contributed by atoms with Crippen molar-refractivity contribution in [2.75, 3.05) is 6.54 Å². The van der Waals surface area contributed by atoms with E-state index in [-0.39, 0.29) is 0 Å². The number of nitrogens with zero attached hydrogens (tertiary/aromatic N) is 1. The summed E-state index contributed by atoms with van der Waals surface area (Å²) in [5.74, 6) is 0.880. The predicted octanol–water partition coefficient (Wildman–Crippen LogP) is 0.791. The molecule has 2 rings (SSSR count). The summed E-state index contributed by atoms with van der Waals surface area (Å²) in [5, 5.41) is 2.98. The van der Waals surface area contributed by atoms with Crippen LogP contribution in [-0.2, 0) is 4.79 Å². The van der Waals surface area contributed by atoms with Crippen LogP contribution in [0.4, 0.5) is 0 Å². The minimum absolute atomic E-state index is 0.597. The van der Waals surface area contributed by atoms with Crippen LogP contribution in [-0.4, -0.2) is 18.7 Å². The van der Waals surface area contributed by atoms with Gasteiger partial charge in [-0.3, -0.25) is 9.79 Å². The van der Waals surface area contributed by atoms with Crippen molar-refractivity contribution in [3.05, 3.63) is 23.4 Å². The molecule has 0 aromatic rings. The second-order valence-electron chi connectivity index (χ2n) is 2.89. The summed E-state index contributed by atoms with van der Waals surface area (Å²) in [6, 6.07) is 0. The molecule has 0 unspecified atom stereocenters. The van der Waals surface area contributed by atoms with Gasteiger partial charge < -0.3 is 5.32 Å². The van der Waals surface area contributed by atoms with E-state index < -0.39 is 0 Å². The van der Waals surface area contributed by atoms with Gasteiger partial charge in [0.15, 0.2) is 6.29 Å². The Balaban J connectivity index is 2.30. The zero-order valence-electron chi connectivity index (χ0n) is 6.71. The van der Waals surface area contributed by atoms with Crippen LogP contribution in [0.25, 0.3) is 0 Å². The summed E-state index contributed by atoms with van der Waals surface area (Å²) in [5.41, 5.74) is 1.81. The lowest BCUT2D eigenvalue weighted by molar-refractivity contribution is -0.105. The molecule has 2 aliphatic heterocycles. The average Bonchev–Trinajstić information content (AvgIpc) is 2.17. The van der Waals surface area contributed by atoms with E-state index in [1.807, 2.05) is 6.08 Å². The van der Waals surface area contributed by atoms with Gasteiger partial charge >= 0.3 is 0 Å². The zero-order chi connectivity index (χ0) is 8.39. The lowest BCUT2D eigenvalue weighted by Crippen LogP contribution is -2.30. The van der Waals surface area contributed by atoms with Crippen molar-refractivity contribution in [2.45, 2.75) is 12.8 Å².